The van der Waals surface area contributed by atoms with Gasteiger partial charge in [-0.05, 0) is 75.3 Å². The summed E-state index contributed by atoms with van der Waals surface area (Å²) in [7, 11) is 3.65. The smallest absolute Gasteiger partial charge is 0.246 e. The summed E-state index contributed by atoms with van der Waals surface area (Å²) in [5.41, 5.74) is 2.83. The highest BCUT2D eigenvalue weighted by Gasteiger charge is 2.23. The van der Waals surface area contributed by atoms with Gasteiger partial charge in [-0.1, -0.05) is 12.1 Å². The van der Waals surface area contributed by atoms with Crippen molar-refractivity contribution in [2.45, 2.75) is 37.2 Å². The number of ether oxygens (including phenoxy) is 2. The van der Waals surface area contributed by atoms with Crippen molar-refractivity contribution in [3.05, 3.63) is 53.6 Å². The second kappa shape index (κ2) is 13.2. The number of sulfonamides is 1. The fourth-order valence-corrected chi connectivity index (χ4v) is 5.76. The van der Waals surface area contributed by atoms with Crippen LogP contribution in [0, 0.1) is 6.92 Å². The fourth-order valence-electron chi connectivity index (χ4n) is 4.40. The molecule has 1 amide bonds. The zero-order chi connectivity index (χ0) is 27.0. The summed E-state index contributed by atoms with van der Waals surface area (Å²) in [4.78, 5) is 17.1. The topological polar surface area (TPSA) is 91.4 Å². The molecule has 3 rings (SSSR count). The monoisotopic (exact) mass is 532 g/mol. The molecule has 0 bridgehead atoms. The molecule has 0 aliphatic carbocycles. The van der Waals surface area contributed by atoms with Gasteiger partial charge in [0.05, 0.1) is 18.6 Å². The van der Waals surface area contributed by atoms with Crippen LogP contribution in [-0.2, 0) is 26.1 Å². The highest BCUT2D eigenvalue weighted by Crippen LogP contribution is 2.24. The molecular formula is C27H40N4O5S. The van der Waals surface area contributed by atoms with Crippen molar-refractivity contribution >= 4 is 21.6 Å². The predicted molar refractivity (Wildman–Crippen MR) is 146 cm³/mol. The van der Waals surface area contributed by atoms with Gasteiger partial charge < -0.3 is 24.6 Å². The van der Waals surface area contributed by atoms with Crippen LogP contribution in [0.3, 0.4) is 0 Å². The average Bonchev–Trinajstić information content (AvgIpc) is 2.89. The van der Waals surface area contributed by atoms with Crippen molar-refractivity contribution in [1.82, 2.24) is 14.5 Å². The van der Waals surface area contributed by atoms with E-state index >= 15 is 0 Å². The molecule has 2 aromatic rings. The number of carbonyl (C=O) groups excluding carboxylic acids is 1. The number of hydrogen-bond donors (Lipinski definition) is 1. The van der Waals surface area contributed by atoms with Crippen molar-refractivity contribution in [3.63, 3.8) is 0 Å². The van der Waals surface area contributed by atoms with Crippen LogP contribution in [0.4, 0.5) is 5.69 Å². The van der Waals surface area contributed by atoms with Crippen LogP contribution >= 0.6 is 0 Å². The number of benzene rings is 2. The van der Waals surface area contributed by atoms with Gasteiger partial charge in [0.1, 0.15) is 12.4 Å². The summed E-state index contributed by atoms with van der Waals surface area (Å²) in [5.74, 6) is 0.357. The standard InChI is InChI=1S/C27H40N4O5S/c1-21-18-25(35-5)10-11-26(21)37(33,34)30(4)16-17-36-20-27(32)28-19-22-6-8-24(9-7-22)31-14-12-23(13-15-31)29(2)3/h6-11,18,23H,12-17,19-20H2,1-5H3,(H,28,32). The van der Waals surface area contributed by atoms with E-state index < -0.39 is 10.0 Å². The zero-order valence-electron chi connectivity index (χ0n) is 22.6. The molecule has 10 heteroatoms. The molecule has 0 atom stereocenters. The van der Waals surface area contributed by atoms with Crippen LogP contribution in [0.25, 0.3) is 0 Å². The number of nitrogens with one attached hydrogen (secondary N) is 1. The van der Waals surface area contributed by atoms with E-state index in [0.717, 1.165) is 31.5 Å². The Morgan fingerprint density at radius 2 is 1.76 bits per heavy atom. The summed E-state index contributed by atoms with van der Waals surface area (Å²) in [6, 6.07) is 13.8. The maximum absolute atomic E-state index is 12.9. The van der Waals surface area contributed by atoms with Gasteiger partial charge in [-0.3, -0.25) is 4.79 Å². The van der Waals surface area contributed by atoms with Crippen LogP contribution in [0.2, 0.25) is 0 Å². The first-order valence-electron chi connectivity index (χ1n) is 12.6. The number of aryl methyl sites for hydroxylation is 1. The molecular weight excluding hydrogens is 492 g/mol. The normalized spacial score (nSPS) is 14.8. The number of methoxy groups -OCH3 is 1. The minimum Gasteiger partial charge on any atom is -0.497 e. The van der Waals surface area contributed by atoms with Gasteiger partial charge in [0.25, 0.3) is 0 Å². The zero-order valence-corrected chi connectivity index (χ0v) is 23.4. The Bertz CT molecular complexity index is 1130. The van der Waals surface area contributed by atoms with E-state index in [1.807, 2.05) is 12.1 Å². The highest BCUT2D eigenvalue weighted by molar-refractivity contribution is 7.89. The van der Waals surface area contributed by atoms with E-state index in [9.17, 15) is 13.2 Å². The van der Waals surface area contributed by atoms with E-state index in [1.165, 1.54) is 30.2 Å². The molecule has 1 fully saturated rings. The summed E-state index contributed by atoms with van der Waals surface area (Å²) in [6.45, 7) is 4.35. The Morgan fingerprint density at radius 1 is 1.08 bits per heavy atom. The van der Waals surface area contributed by atoms with Gasteiger partial charge >= 0.3 is 0 Å². The Morgan fingerprint density at radius 3 is 2.35 bits per heavy atom. The largest absolute Gasteiger partial charge is 0.497 e. The van der Waals surface area contributed by atoms with Crippen molar-refractivity contribution in [2.24, 2.45) is 0 Å². The molecule has 9 nitrogen and oxygen atoms in total. The van der Waals surface area contributed by atoms with Crippen LogP contribution in [-0.4, -0.2) is 90.7 Å². The first-order valence-corrected chi connectivity index (χ1v) is 14.0. The SMILES string of the molecule is COc1ccc(S(=O)(=O)N(C)CCOCC(=O)NCc2ccc(N3CCC(N(C)C)CC3)cc2)c(C)c1. The lowest BCUT2D eigenvalue weighted by atomic mass is 10.0. The van der Waals surface area contributed by atoms with Gasteiger partial charge in [0.2, 0.25) is 15.9 Å². The van der Waals surface area contributed by atoms with E-state index in [4.69, 9.17) is 9.47 Å². The van der Waals surface area contributed by atoms with Gasteiger partial charge in [-0.25, -0.2) is 8.42 Å². The number of piperidine rings is 1. The second-order valence-electron chi connectivity index (χ2n) is 9.64. The molecule has 1 aliphatic heterocycles. The summed E-state index contributed by atoms with van der Waals surface area (Å²) in [5, 5.41) is 2.85. The van der Waals surface area contributed by atoms with Gasteiger partial charge in [0.15, 0.2) is 0 Å². The van der Waals surface area contributed by atoms with E-state index in [2.05, 4.69) is 41.3 Å². The molecule has 37 heavy (non-hydrogen) atoms. The number of amides is 1. The third kappa shape index (κ3) is 7.91. The molecule has 0 aromatic heterocycles. The molecule has 204 valence electrons. The molecule has 0 radical (unpaired) electrons. The first-order chi connectivity index (χ1) is 17.6. The Kier molecular flexibility index (Phi) is 10.3. The maximum Gasteiger partial charge on any atom is 0.246 e. The molecule has 1 aliphatic rings. The van der Waals surface area contributed by atoms with Gasteiger partial charge in [0, 0.05) is 45.0 Å². The molecule has 2 aromatic carbocycles. The second-order valence-corrected chi connectivity index (χ2v) is 11.6. The Balaban J connectivity index is 1.37. The third-order valence-corrected chi connectivity index (χ3v) is 8.86. The Labute approximate surface area is 221 Å². The maximum atomic E-state index is 12.9. The van der Waals surface area contributed by atoms with E-state index in [-0.39, 0.29) is 30.6 Å². The van der Waals surface area contributed by atoms with Crippen LogP contribution in [0.5, 0.6) is 5.75 Å². The summed E-state index contributed by atoms with van der Waals surface area (Å²) < 4.78 is 37.5. The lowest BCUT2D eigenvalue weighted by Crippen LogP contribution is -2.41. The molecule has 1 heterocycles. The van der Waals surface area contributed by atoms with E-state index in [0.29, 0.717) is 23.9 Å². The Hall–Kier alpha value is -2.66. The number of rotatable bonds is 12. The molecule has 0 spiro atoms. The summed E-state index contributed by atoms with van der Waals surface area (Å²) in [6.07, 6.45) is 2.32. The number of hydrogen-bond acceptors (Lipinski definition) is 7. The van der Waals surface area contributed by atoms with Gasteiger partial charge in [-0.2, -0.15) is 4.31 Å². The molecule has 0 unspecified atom stereocenters. The molecule has 1 saturated heterocycles. The van der Waals surface area contributed by atoms with E-state index in [1.54, 1.807) is 19.1 Å². The van der Waals surface area contributed by atoms with Crippen molar-refractivity contribution < 1.29 is 22.7 Å². The van der Waals surface area contributed by atoms with Crippen molar-refractivity contribution in [1.29, 1.82) is 0 Å². The average molecular weight is 533 g/mol. The third-order valence-electron chi connectivity index (χ3n) is 6.84. The number of anilines is 1. The van der Waals surface area contributed by atoms with Crippen molar-refractivity contribution in [2.75, 3.05) is 66.0 Å². The number of likely N-dealkylation sites (N-methyl/N-ethyl adjacent to an activating group) is 1. The van der Waals surface area contributed by atoms with Crippen molar-refractivity contribution in [3.8, 4) is 5.75 Å². The predicted octanol–water partition coefficient (Wildman–Crippen LogP) is 2.49. The minimum absolute atomic E-state index is 0.109. The lowest BCUT2D eigenvalue weighted by Gasteiger charge is -2.36. The molecule has 0 saturated carbocycles. The van der Waals surface area contributed by atoms with Crippen LogP contribution in [0.15, 0.2) is 47.4 Å². The number of nitrogens with zero attached hydrogens (tertiary/aromatic N) is 3. The first kappa shape index (κ1) is 28.9. The minimum atomic E-state index is -3.67. The fraction of sp³-hybridized carbons (Fsp3) is 0.519. The van der Waals surface area contributed by atoms with Crippen LogP contribution < -0.4 is 15.0 Å². The lowest BCUT2D eigenvalue weighted by molar-refractivity contribution is -0.125. The van der Waals surface area contributed by atoms with Gasteiger partial charge in [-0.15, -0.1) is 0 Å². The van der Waals surface area contributed by atoms with Crippen LogP contribution in [0.1, 0.15) is 24.0 Å². The molecule has 1 N–H and O–H groups in total. The summed E-state index contributed by atoms with van der Waals surface area (Å²) >= 11 is 0. The quantitative estimate of drug-likeness (QED) is 0.420. The number of carbonyl (C=O) groups is 1. The highest BCUT2D eigenvalue weighted by atomic mass is 32.2.